The van der Waals surface area contributed by atoms with Crippen molar-refractivity contribution in [2.24, 2.45) is 5.10 Å². The summed E-state index contributed by atoms with van der Waals surface area (Å²) in [4.78, 5) is 25.6. The maximum Gasteiger partial charge on any atom is 0.361 e. The fourth-order valence-corrected chi connectivity index (χ4v) is 4.33. The van der Waals surface area contributed by atoms with E-state index >= 15 is 0 Å². The molecule has 2 fully saturated rings. The molecule has 2 saturated heterocycles. The van der Waals surface area contributed by atoms with Crippen LogP contribution < -0.4 is 14.8 Å². The number of anilines is 2. The second kappa shape index (κ2) is 7.44. The number of nitrogens with zero attached hydrogens (tertiary/aromatic N) is 5. The summed E-state index contributed by atoms with van der Waals surface area (Å²) in [7, 11) is 0. The fraction of sp³-hybridized carbons (Fsp3) is 0.429. The van der Waals surface area contributed by atoms with Crippen LogP contribution in [0.4, 0.5) is 17.5 Å². The summed E-state index contributed by atoms with van der Waals surface area (Å²) in [6, 6.07) is 6.42. The molecule has 3 aliphatic rings. The summed E-state index contributed by atoms with van der Waals surface area (Å²) in [5.74, 6) is 0.425. The van der Waals surface area contributed by atoms with Crippen LogP contribution in [0.25, 0.3) is 10.9 Å². The third-order valence-corrected chi connectivity index (χ3v) is 5.90. The van der Waals surface area contributed by atoms with E-state index in [0.717, 1.165) is 55.7 Å². The van der Waals surface area contributed by atoms with Crippen LogP contribution in [0.3, 0.4) is 0 Å². The first-order valence-electron chi connectivity index (χ1n) is 10.4. The largest absolute Gasteiger partial charge is 0.477 e. The van der Waals surface area contributed by atoms with Gasteiger partial charge in [0, 0.05) is 37.3 Å². The van der Waals surface area contributed by atoms with Gasteiger partial charge < -0.3 is 14.9 Å². The number of piperidine rings is 1. The van der Waals surface area contributed by atoms with Crippen molar-refractivity contribution in [2.75, 3.05) is 36.0 Å². The van der Waals surface area contributed by atoms with Gasteiger partial charge in [0.25, 0.3) is 0 Å². The average molecular weight is 393 g/mol. The van der Waals surface area contributed by atoms with Crippen molar-refractivity contribution in [2.45, 2.75) is 32.1 Å². The first-order valence-corrected chi connectivity index (χ1v) is 10.4. The Kier molecular flexibility index (Phi) is 4.63. The highest BCUT2D eigenvalue weighted by Crippen LogP contribution is 2.31. The smallest absolute Gasteiger partial charge is 0.361 e. The number of aromatic nitrogens is 2. The number of fused-ring (bicyclic) bond motifs is 1. The molecule has 150 valence electrons. The molecule has 4 heterocycles. The zero-order valence-electron chi connectivity index (χ0n) is 16.3. The summed E-state index contributed by atoms with van der Waals surface area (Å²) >= 11 is 0. The Morgan fingerprint density at radius 2 is 1.69 bits per heavy atom. The standard InChI is InChI=1S/C21H24N6O2/c28-20(29)15-13-22-27(14-15)21-23-18-7-6-16(25-8-2-1-3-9-25)12-17(18)19(24-21)26-10-4-5-11-26/h6-7,12-14H,1-5,8-11H2,(H,28,29)/p+1. The minimum Gasteiger partial charge on any atom is -0.477 e. The number of aliphatic carboxylic acids is 1. The number of quaternary nitrogens is 1. The van der Waals surface area contributed by atoms with Crippen LogP contribution in [0.1, 0.15) is 32.1 Å². The van der Waals surface area contributed by atoms with E-state index in [0.29, 0.717) is 11.0 Å². The minimum absolute atomic E-state index is 0.159. The van der Waals surface area contributed by atoms with Crippen LogP contribution in [-0.4, -0.2) is 53.4 Å². The number of carboxylic acid groups (broad SMARTS) is 1. The number of carboxylic acids is 1. The van der Waals surface area contributed by atoms with E-state index in [2.05, 4.69) is 33.1 Å². The quantitative estimate of drug-likeness (QED) is 0.822. The summed E-state index contributed by atoms with van der Waals surface area (Å²) in [6.45, 7) is 4.15. The topological polar surface area (TPSA) is 86.4 Å². The van der Waals surface area contributed by atoms with E-state index in [9.17, 15) is 9.90 Å². The second-order valence-electron chi connectivity index (χ2n) is 7.86. The van der Waals surface area contributed by atoms with Gasteiger partial charge in [-0.25, -0.2) is 4.79 Å². The van der Waals surface area contributed by atoms with E-state index < -0.39 is 5.97 Å². The number of carbonyl (C=O) groups is 1. The van der Waals surface area contributed by atoms with E-state index in [4.69, 9.17) is 9.97 Å². The van der Waals surface area contributed by atoms with Crippen molar-refractivity contribution in [1.29, 1.82) is 0 Å². The molecular formula is C21H25N6O2+. The van der Waals surface area contributed by atoms with Crippen LogP contribution in [-0.2, 0) is 4.79 Å². The molecule has 1 atom stereocenters. The lowest BCUT2D eigenvalue weighted by atomic mass is 10.1. The summed E-state index contributed by atoms with van der Waals surface area (Å²) in [6.07, 6.45) is 9.00. The first-order chi connectivity index (χ1) is 14.2. The Hall–Kier alpha value is -3.00. The molecule has 3 aliphatic heterocycles. The molecule has 2 N–H and O–H groups in total. The second-order valence-corrected chi connectivity index (χ2v) is 7.86. The molecule has 8 nitrogen and oxygen atoms in total. The molecule has 1 unspecified atom stereocenters. The zero-order valence-corrected chi connectivity index (χ0v) is 16.3. The molecule has 8 heteroatoms. The first kappa shape index (κ1) is 18.1. The monoisotopic (exact) mass is 393 g/mol. The molecular weight excluding hydrogens is 368 g/mol. The molecule has 0 radical (unpaired) electrons. The van der Waals surface area contributed by atoms with Crippen molar-refractivity contribution in [1.82, 2.24) is 9.97 Å². The van der Waals surface area contributed by atoms with E-state index in [-0.39, 0.29) is 5.57 Å². The van der Waals surface area contributed by atoms with Crippen LogP contribution in [0.15, 0.2) is 35.1 Å². The van der Waals surface area contributed by atoms with E-state index in [1.54, 1.807) is 6.20 Å². The number of hydrogen-bond donors (Lipinski definition) is 2. The Morgan fingerprint density at radius 1 is 0.966 bits per heavy atom. The Morgan fingerprint density at radius 3 is 2.41 bits per heavy atom. The molecule has 29 heavy (non-hydrogen) atoms. The van der Waals surface area contributed by atoms with Crippen molar-refractivity contribution >= 4 is 40.5 Å². The fourth-order valence-electron chi connectivity index (χ4n) is 4.33. The molecule has 2 aromatic rings. The van der Waals surface area contributed by atoms with Gasteiger partial charge in [0.15, 0.2) is 0 Å². The molecule has 5 rings (SSSR count). The van der Waals surface area contributed by atoms with Crippen molar-refractivity contribution in [3.05, 3.63) is 30.0 Å². The van der Waals surface area contributed by atoms with Gasteiger partial charge in [-0.15, -0.1) is 5.01 Å². The Labute approximate surface area is 169 Å². The number of nitrogens with one attached hydrogen (secondary N) is 1. The van der Waals surface area contributed by atoms with Gasteiger partial charge in [-0.05, 0) is 50.3 Å². The van der Waals surface area contributed by atoms with Gasteiger partial charge in [-0.3, -0.25) is 0 Å². The molecule has 0 spiro atoms. The molecule has 0 bridgehead atoms. The number of hydrogen-bond acceptors (Lipinski definition) is 6. The summed E-state index contributed by atoms with van der Waals surface area (Å²) < 4.78 is 0. The van der Waals surface area contributed by atoms with Crippen molar-refractivity contribution < 1.29 is 14.9 Å². The average Bonchev–Trinajstić information content (AvgIpc) is 3.45. The summed E-state index contributed by atoms with van der Waals surface area (Å²) in [5.41, 5.74) is 2.26. The lowest BCUT2D eigenvalue weighted by Gasteiger charge is -2.29. The van der Waals surface area contributed by atoms with Crippen LogP contribution in [0.2, 0.25) is 0 Å². The highest BCUT2D eigenvalue weighted by molar-refractivity contribution is 6.08. The number of rotatable bonds is 4. The number of benzene rings is 1. The Balaban J connectivity index is 1.58. The summed E-state index contributed by atoms with van der Waals surface area (Å²) in [5, 5.41) is 15.0. The molecule has 0 amide bonds. The maximum absolute atomic E-state index is 11.2. The van der Waals surface area contributed by atoms with Gasteiger partial charge in [-0.1, -0.05) is 5.10 Å². The van der Waals surface area contributed by atoms with Gasteiger partial charge in [0.1, 0.15) is 23.8 Å². The lowest BCUT2D eigenvalue weighted by molar-refractivity contribution is -0.784. The van der Waals surface area contributed by atoms with E-state index in [1.807, 2.05) is 0 Å². The predicted molar refractivity (Wildman–Crippen MR) is 112 cm³/mol. The highest BCUT2D eigenvalue weighted by Gasteiger charge is 2.27. The van der Waals surface area contributed by atoms with Crippen LogP contribution >= 0.6 is 0 Å². The normalized spacial score (nSPS) is 21.8. The van der Waals surface area contributed by atoms with Gasteiger partial charge in [-0.2, -0.15) is 9.97 Å². The van der Waals surface area contributed by atoms with Gasteiger partial charge in [0.2, 0.25) is 0 Å². The Bertz CT molecular complexity index is 1010. The third kappa shape index (κ3) is 3.44. The lowest BCUT2D eigenvalue weighted by Crippen LogP contribution is -2.97. The molecule has 1 aromatic heterocycles. The van der Waals surface area contributed by atoms with Crippen LogP contribution in [0, 0.1) is 0 Å². The SMILES string of the molecule is O=C(O)C1=C[NH+](c2nc(N3CCCC3)c3cc(N4CCCCC4)ccc3n2)N=C1. The maximum atomic E-state index is 11.2. The van der Waals surface area contributed by atoms with Crippen molar-refractivity contribution in [3.63, 3.8) is 0 Å². The molecule has 0 aliphatic carbocycles. The zero-order chi connectivity index (χ0) is 19.8. The van der Waals surface area contributed by atoms with Gasteiger partial charge in [0.05, 0.1) is 5.52 Å². The van der Waals surface area contributed by atoms with Crippen LogP contribution in [0.5, 0.6) is 0 Å². The van der Waals surface area contributed by atoms with Crippen molar-refractivity contribution in [3.8, 4) is 0 Å². The molecule has 0 saturated carbocycles. The minimum atomic E-state index is -0.990. The molecule has 1 aromatic carbocycles. The van der Waals surface area contributed by atoms with Gasteiger partial charge >= 0.3 is 11.9 Å². The van der Waals surface area contributed by atoms with E-state index in [1.165, 1.54) is 31.2 Å². The predicted octanol–water partition coefficient (Wildman–Crippen LogP) is 1.70. The third-order valence-electron chi connectivity index (χ3n) is 5.90. The highest BCUT2D eigenvalue weighted by atomic mass is 16.4.